The van der Waals surface area contributed by atoms with Gasteiger partial charge in [0, 0.05) is 6.54 Å². The Labute approximate surface area is 106 Å². The first-order chi connectivity index (χ1) is 8.65. The maximum Gasteiger partial charge on any atom is 0.319 e. The Morgan fingerprint density at radius 2 is 1.89 bits per heavy atom. The summed E-state index contributed by atoms with van der Waals surface area (Å²) in [5.41, 5.74) is -0.0211. The molecule has 4 nitrogen and oxygen atoms in total. The number of hydrogen-bond acceptors (Lipinski definition) is 2. The minimum absolute atomic E-state index is 0.336. The maximum atomic E-state index is 11.9. The molecule has 1 aromatic carbocycles. The maximum absolute atomic E-state index is 11.9. The summed E-state index contributed by atoms with van der Waals surface area (Å²) in [6, 6.07) is 9.81. The summed E-state index contributed by atoms with van der Waals surface area (Å²) in [6.07, 6.45) is 2.46. The van der Waals surface area contributed by atoms with Crippen LogP contribution in [-0.4, -0.2) is 23.5 Å². The molecule has 1 aliphatic carbocycles. The Balaban J connectivity index is 1.84. The molecule has 2 N–H and O–H groups in total. The van der Waals surface area contributed by atoms with Crippen LogP contribution in [0, 0.1) is 5.41 Å². The van der Waals surface area contributed by atoms with Crippen molar-refractivity contribution < 1.29 is 14.7 Å². The highest BCUT2D eigenvalue weighted by Gasteiger charge is 2.50. The molecule has 96 valence electrons. The van der Waals surface area contributed by atoms with Gasteiger partial charge in [-0.25, -0.2) is 0 Å². The topological polar surface area (TPSA) is 66.4 Å². The molecule has 1 aliphatic rings. The van der Waals surface area contributed by atoms with Gasteiger partial charge in [0.25, 0.3) is 0 Å². The lowest BCUT2D eigenvalue weighted by molar-refractivity contribution is -0.162. The highest BCUT2D eigenvalue weighted by atomic mass is 16.4. The van der Waals surface area contributed by atoms with Crippen molar-refractivity contribution in [3.63, 3.8) is 0 Å². The fourth-order valence-electron chi connectivity index (χ4n) is 2.20. The fraction of sp³-hybridized carbons (Fsp3) is 0.429. The van der Waals surface area contributed by atoms with Gasteiger partial charge in [0.15, 0.2) is 0 Å². The normalized spacial score (nSPS) is 16.7. The van der Waals surface area contributed by atoms with E-state index in [0.29, 0.717) is 19.4 Å². The molecule has 0 bridgehead atoms. The van der Waals surface area contributed by atoms with Crippen molar-refractivity contribution in [2.24, 2.45) is 5.41 Å². The number of amides is 1. The third-order valence-corrected chi connectivity index (χ3v) is 3.59. The van der Waals surface area contributed by atoms with E-state index in [4.69, 9.17) is 5.11 Å². The van der Waals surface area contributed by atoms with E-state index in [-0.39, 0.29) is 5.91 Å². The summed E-state index contributed by atoms with van der Waals surface area (Å²) in [5, 5.41) is 11.8. The summed E-state index contributed by atoms with van der Waals surface area (Å²) in [6.45, 7) is 0.484. The zero-order valence-electron chi connectivity index (χ0n) is 10.2. The molecule has 4 heteroatoms. The molecule has 1 saturated carbocycles. The van der Waals surface area contributed by atoms with Gasteiger partial charge in [-0.05, 0) is 24.8 Å². The second-order valence-electron chi connectivity index (χ2n) is 4.73. The summed E-state index contributed by atoms with van der Waals surface area (Å²) in [5.74, 6) is -1.33. The van der Waals surface area contributed by atoms with Crippen molar-refractivity contribution in [3.8, 4) is 0 Å². The van der Waals surface area contributed by atoms with Crippen LogP contribution in [0.2, 0.25) is 0 Å². The first kappa shape index (κ1) is 12.6. The average Bonchev–Trinajstić information content (AvgIpc) is 2.28. The average molecular weight is 247 g/mol. The predicted octanol–water partition coefficient (Wildman–Crippen LogP) is 1.60. The number of carbonyl (C=O) groups excluding carboxylic acids is 1. The van der Waals surface area contributed by atoms with E-state index in [1.54, 1.807) is 0 Å². The van der Waals surface area contributed by atoms with Gasteiger partial charge in [0.05, 0.1) is 0 Å². The first-order valence-corrected chi connectivity index (χ1v) is 6.21. The van der Waals surface area contributed by atoms with E-state index < -0.39 is 11.4 Å². The minimum Gasteiger partial charge on any atom is -0.480 e. The molecule has 0 saturated heterocycles. The number of aliphatic carboxylic acids is 1. The second-order valence-corrected chi connectivity index (χ2v) is 4.73. The van der Waals surface area contributed by atoms with Gasteiger partial charge in [-0.15, -0.1) is 0 Å². The second kappa shape index (κ2) is 5.21. The number of carboxylic acid groups (broad SMARTS) is 1. The van der Waals surface area contributed by atoms with E-state index in [2.05, 4.69) is 5.32 Å². The van der Waals surface area contributed by atoms with E-state index in [1.165, 1.54) is 0 Å². The number of benzene rings is 1. The Kier molecular flexibility index (Phi) is 3.65. The number of carbonyl (C=O) groups is 2. The van der Waals surface area contributed by atoms with Crippen molar-refractivity contribution in [1.82, 2.24) is 5.32 Å². The van der Waals surface area contributed by atoms with Gasteiger partial charge in [-0.3, -0.25) is 9.59 Å². The van der Waals surface area contributed by atoms with Crippen LogP contribution >= 0.6 is 0 Å². The van der Waals surface area contributed by atoms with Crippen molar-refractivity contribution in [3.05, 3.63) is 35.9 Å². The van der Waals surface area contributed by atoms with Crippen LogP contribution < -0.4 is 5.32 Å². The zero-order chi connectivity index (χ0) is 13.0. The number of rotatable bonds is 5. The molecular formula is C14H17NO3. The van der Waals surface area contributed by atoms with Crippen LogP contribution in [0.4, 0.5) is 0 Å². The van der Waals surface area contributed by atoms with Crippen LogP contribution in [0.1, 0.15) is 24.8 Å². The van der Waals surface area contributed by atoms with Crippen molar-refractivity contribution >= 4 is 11.9 Å². The van der Waals surface area contributed by atoms with Crippen LogP contribution in [0.25, 0.3) is 0 Å². The van der Waals surface area contributed by atoms with Gasteiger partial charge < -0.3 is 10.4 Å². The number of nitrogens with one attached hydrogen (secondary N) is 1. The molecule has 0 radical (unpaired) electrons. The molecular weight excluding hydrogens is 230 g/mol. The molecule has 1 amide bonds. The largest absolute Gasteiger partial charge is 0.480 e. The Bertz CT molecular complexity index is 438. The molecule has 18 heavy (non-hydrogen) atoms. The van der Waals surface area contributed by atoms with Gasteiger partial charge in [0.2, 0.25) is 5.91 Å². The van der Waals surface area contributed by atoms with E-state index >= 15 is 0 Å². The Morgan fingerprint density at radius 1 is 1.22 bits per heavy atom. The highest BCUT2D eigenvalue weighted by Crippen LogP contribution is 2.41. The Morgan fingerprint density at radius 3 is 2.39 bits per heavy atom. The molecule has 0 aromatic heterocycles. The van der Waals surface area contributed by atoms with Gasteiger partial charge >= 0.3 is 5.97 Å². The summed E-state index contributed by atoms with van der Waals surface area (Å²) in [4.78, 5) is 23.0. The molecule has 0 aliphatic heterocycles. The van der Waals surface area contributed by atoms with Crippen molar-refractivity contribution in [2.75, 3.05) is 6.54 Å². The molecule has 0 spiro atoms. The van der Waals surface area contributed by atoms with Crippen LogP contribution in [0.3, 0.4) is 0 Å². The quantitative estimate of drug-likeness (QED) is 0.777. The lowest BCUT2D eigenvalue weighted by Gasteiger charge is -2.35. The predicted molar refractivity (Wildman–Crippen MR) is 67.1 cm³/mol. The molecule has 2 rings (SSSR count). The molecule has 1 aromatic rings. The molecule has 0 unspecified atom stereocenters. The highest BCUT2D eigenvalue weighted by molar-refractivity contribution is 6.02. The fourth-order valence-corrected chi connectivity index (χ4v) is 2.20. The van der Waals surface area contributed by atoms with Crippen molar-refractivity contribution in [2.45, 2.75) is 25.7 Å². The van der Waals surface area contributed by atoms with Crippen LogP contribution in [-0.2, 0) is 16.0 Å². The summed E-state index contributed by atoms with van der Waals surface area (Å²) >= 11 is 0. The van der Waals surface area contributed by atoms with Gasteiger partial charge in [0.1, 0.15) is 5.41 Å². The standard InChI is InChI=1S/C14H17NO3/c16-12(14(13(17)18)8-4-9-14)15-10-7-11-5-2-1-3-6-11/h1-3,5-6H,4,7-10H2,(H,15,16)(H,17,18). The van der Waals surface area contributed by atoms with Crippen molar-refractivity contribution in [1.29, 1.82) is 0 Å². The smallest absolute Gasteiger partial charge is 0.319 e. The van der Waals surface area contributed by atoms with E-state index in [1.807, 2.05) is 30.3 Å². The zero-order valence-corrected chi connectivity index (χ0v) is 10.2. The van der Waals surface area contributed by atoms with Gasteiger partial charge in [-0.2, -0.15) is 0 Å². The minimum atomic E-state index is -1.16. The third-order valence-electron chi connectivity index (χ3n) is 3.59. The lowest BCUT2D eigenvalue weighted by Crippen LogP contribution is -2.51. The molecule has 0 atom stereocenters. The number of hydrogen-bond donors (Lipinski definition) is 2. The summed E-state index contributed by atoms with van der Waals surface area (Å²) in [7, 11) is 0. The summed E-state index contributed by atoms with van der Waals surface area (Å²) < 4.78 is 0. The van der Waals surface area contributed by atoms with Crippen LogP contribution in [0.5, 0.6) is 0 Å². The first-order valence-electron chi connectivity index (χ1n) is 6.21. The van der Waals surface area contributed by atoms with Gasteiger partial charge in [-0.1, -0.05) is 36.8 Å². The monoisotopic (exact) mass is 247 g/mol. The van der Waals surface area contributed by atoms with Crippen LogP contribution in [0.15, 0.2) is 30.3 Å². The molecule has 1 fully saturated rings. The Hall–Kier alpha value is -1.84. The number of carboxylic acids is 1. The molecule has 0 heterocycles. The lowest BCUT2D eigenvalue weighted by atomic mass is 9.68. The SMILES string of the molecule is O=C(O)C1(C(=O)NCCc2ccccc2)CCC1. The van der Waals surface area contributed by atoms with E-state index in [0.717, 1.165) is 18.4 Å². The third kappa shape index (κ3) is 2.37. The van der Waals surface area contributed by atoms with E-state index in [9.17, 15) is 9.59 Å².